The molecule has 0 aliphatic carbocycles. The van der Waals surface area contributed by atoms with Crippen LogP contribution in [-0.2, 0) is 0 Å². The first-order chi connectivity index (χ1) is 8.82. The molecule has 0 radical (unpaired) electrons. The molecule has 0 aromatic carbocycles. The number of carbonyl (C=O) groups is 1. The minimum absolute atomic E-state index is 0.157. The standard InChI is InChI=1S/C14H23BrN2O2/c1-9(2)17(10(3)4)7-6-16-14(18)13-11(5)8-12(15)19-13/h8-10H,6-7H2,1-5H3,(H,16,18). The number of hydrogen-bond donors (Lipinski definition) is 1. The van der Waals surface area contributed by atoms with Gasteiger partial charge in [0.2, 0.25) is 0 Å². The summed E-state index contributed by atoms with van der Waals surface area (Å²) in [6.45, 7) is 12.0. The first kappa shape index (κ1) is 16.2. The van der Waals surface area contributed by atoms with Crippen molar-refractivity contribution in [3.05, 3.63) is 22.1 Å². The van der Waals surface area contributed by atoms with Gasteiger partial charge in [0.15, 0.2) is 10.4 Å². The summed E-state index contributed by atoms with van der Waals surface area (Å²) in [6.07, 6.45) is 0. The molecule has 19 heavy (non-hydrogen) atoms. The van der Waals surface area contributed by atoms with E-state index in [0.29, 0.717) is 29.1 Å². The van der Waals surface area contributed by atoms with Crippen LogP contribution in [0.2, 0.25) is 0 Å². The molecule has 1 aromatic heterocycles. The van der Waals surface area contributed by atoms with Crippen LogP contribution in [-0.4, -0.2) is 36.0 Å². The van der Waals surface area contributed by atoms with Crippen LogP contribution in [0.5, 0.6) is 0 Å². The van der Waals surface area contributed by atoms with E-state index in [0.717, 1.165) is 12.1 Å². The second kappa shape index (κ2) is 7.10. The molecule has 0 aliphatic rings. The molecule has 108 valence electrons. The van der Waals surface area contributed by atoms with E-state index in [1.807, 2.05) is 6.92 Å². The lowest BCUT2D eigenvalue weighted by Gasteiger charge is -2.30. The average Bonchev–Trinajstić information content (AvgIpc) is 2.62. The maximum atomic E-state index is 12.0. The molecule has 0 saturated heterocycles. The molecule has 4 nitrogen and oxygen atoms in total. The maximum Gasteiger partial charge on any atom is 0.287 e. The molecule has 0 fully saturated rings. The fourth-order valence-electron chi connectivity index (χ4n) is 2.16. The van der Waals surface area contributed by atoms with Crippen molar-refractivity contribution in [2.24, 2.45) is 0 Å². The number of nitrogens with one attached hydrogen (secondary N) is 1. The summed E-state index contributed by atoms with van der Waals surface area (Å²) in [5, 5.41) is 2.90. The second-order valence-corrected chi connectivity index (χ2v) is 6.03. The Morgan fingerprint density at radius 3 is 2.37 bits per heavy atom. The van der Waals surface area contributed by atoms with Crippen molar-refractivity contribution in [1.29, 1.82) is 0 Å². The van der Waals surface area contributed by atoms with E-state index >= 15 is 0 Å². The van der Waals surface area contributed by atoms with Crippen LogP contribution < -0.4 is 5.32 Å². The largest absolute Gasteiger partial charge is 0.444 e. The third-order valence-corrected chi connectivity index (χ3v) is 3.47. The number of nitrogens with zero attached hydrogens (tertiary/aromatic N) is 1. The molecule has 0 unspecified atom stereocenters. The Morgan fingerprint density at radius 1 is 1.37 bits per heavy atom. The van der Waals surface area contributed by atoms with E-state index in [2.05, 4.69) is 53.8 Å². The second-order valence-electron chi connectivity index (χ2n) is 5.24. The van der Waals surface area contributed by atoms with Crippen LogP contribution in [0, 0.1) is 6.92 Å². The zero-order valence-corrected chi connectivity index (χ0v) is 13.9. The number of rotatable bonds is 6. The highest BCUT2D eigenvalue weighted by molar-refractivity contribution is 9.10. The van der Waals surface area contributed by atoms with E-state index in [1.54, 1.807) is 6.07 Å². The molecule has 0 saturated carbocycles. The molecule has 5 heteroatoms. The van der Waals surface area contributed by atoms with E-state index < -0.39 is 0 Å². The van der Waals surface area contributed by atoms with Crippen LogP contribution in [0.15, 0.2) is 15.2 Å². The summed E-state index contributed by atoms with van der Waals surface area (Å²) < 4.78 is 5.90. The zero-order chi connectivity index (χ0) is 14.6. The van der Waals surface area contributed by atoms with Gasteiger partial charge in [-0.15, -0.1) is 0 Å². The summed E-state index contributed by atoms with van der Waals surface area (Å²) >= 11 is 3.23. The van der Waals surface area contributed by atoms with Gasteiger partial charge in [-0.3, -0.25) is 9.69 Å². The lowest BCUT2D eigenvalue weighted by atomic mass is 10.2. The van der Waals surface area contributed by atoms with Crippen molar-refractivity contribution in [2.75, 3.05) is 13.1 Å². The summed E-state index contributed by atoms with van der Waals surface area (Å²) in [7, 11) is 0. The van der Waals surface area contributed by atoms with E-state index in [1.165, 1.54) is 0 Å². The quantitative estimate of drug-likeness (QED) is 0.871. The molecular weight excluding hydrogens is 308 g/mol. The van der Waals surface area contributed by atoms with Gasteiger partial charge in [0.1, 0.15) is 0 Å². The van der Waals surface area contributed by atoms with Crippen molar-refractivity contribution in [3.8, 4) is 0 Å². The van der Waals surface area contributed by atoms with Gasteiger partial charge in [0, 0.05) is 30.7 Å². The van der Waals surface area contributed by atoms with E-state index in [4.69, 9.17) is 4.42 Å². The van der Waals surface area contributed by atoms with Gasteiger partial charge in [-0.2, -0.15) is 0 Å². The van der Waals surface area contributed by atoms with Crippen molar-refractivity contribution in [3.63, 3.8) is 0 Å². The van der Waals surface area contributed by atoms with Crippen LogP contribution in [0.25, 0.3) is 0 Å². The molecular formula is C14H23BrN2O2. The van der Waals surface area contributed by atoms with Crippen molar-refractivity contribution in [1.82, 2.24) is 10.2 Å². The average molecular weight is 331 g/mol. The summed E-state index contributed by atoms with van der Waals surface area (Å²) in [5.74, 6) is 0.225. The molecule has 0 spiro atoms. The topological polar surface area (TPSA) is 45.5 Å². The highest BCUT2D eigenvalue weighted by Gasteiger charge is 2.16. The minimum Gasteiger partial charge on any atom is -0.444 e. The van der Waals surface area contributed by atoms with Crippen molar-refractivity contribution >= 4 is 21.8 Å². The number of furan rings is 1. The molecule has 1 heterocycles. The van der Waals surface area contributed by atoms with Crippen LogP contribution in [0.4, 0.5) is 0 Å². The fourth-order valence-corrected chi connectivity index (χ4v) is 2.67. The van der Waals surface area contributed by atoms with Gasteiger partial charge in [-0.25, -0.2) is 0 Å². The first-order valence-corrected chi connectivity index (χ1v) is 7.42. The Hall–Kier alpha value is -0.810. The summed E-state index contributed by atoms with van der Waals surface area (Å²) in [5.41, 5.74) is 0.842. The molecule has 0 aliphatic heterocycles. The van der Waals surface area contributed by atoms with Crippen LogP contribution in [0.3, 0.4) is 0 Å². The Bertz CT molecular complexity index is 419. The van der Waals surface area contributed by atoms with Crippen molar-refractivity contribution in [2.45, 2.75) is 46.7 Å². The lowest BCUT2D eigenvalue weighted by molar-refractivity contribution is 0.0910. The molecule has 1 N–H and O–H groups in total. The fraction of sp³-hybridized carbons (Fsp3) is 0.643. The summed E-state index contributed by atoms with van der Waals surface area (Å²) in [4.78, 5) is 14.3. The number of carbonyl (C=O) groups excluding carboxylic acids is 1. The van der Waals surface area contributed by atoms with Crippen molar-refractivity contribution < 1.29 is 9.21 Å². The Balaban J connectivity index is 2.49. The molecule has 1 amide bonds. The normalized spacial score (nSPS) is 11.6. The van der Waals surface area contributed by atoms with Gasteiger partial charge in [-0.1, -0.05) is 0 Å². The lowest BCUT2D eigenvalue weighted by Crippen LogP contribution is -2.42. The molecule has 1 rings (SSSR count). The number of aryl methyl sites for hydroxylation is 1. The third kappa shape index (κ3) is 4.66. The highest BCUT2D eigenvalue weighted by Crippen LogP contribution is 2.19. The molecule has 1 aromatic rings. The van der Waals surface area contributed by atoms with Gasteiger partial charge >= 0.3 is 0 Å². The molecule has 0 atom stereocenters. The van der Waals surface area contributed by atoms with Crippen LogP contribution in [0.1, 0.15) is 43.8 Å². The van der Waals surface area contributed by atoms with Gasteiger partial charge in [0.05, 0.1) is 0 Å². The van der Waals surface area contributed by atoms with Crippen LogP contribution >= 0.6 is 15.9 Å². The Kier molecular flexibility index (Phi) is 6.07. The number of halogens is 1. The monoisotopic (exact) mass is 330 g/mol. The maximum absolute atomic E-state index is 12.0. The Morgan fingerprint density at radius 2 is 1.95 bits per heavy atom. The Labute approximate surface area is 123 Å². The number of amides is 1. The van der Waals surface area contributed by atoms with Gasteiger partial charge < -0.3 is 9.73 Å². The minimum atomic E-state index is -0.157. The van der Waals surface area contributed by atoms with Gasteiger partial charge in [-0.05, 0) is 56.6 Å². The predicted molar refractivity (Wildman–Crippen MR) is 80.5 cm³/mol. The van der Waals surface area contributed by atoms with E-state index in [-0.39, 0.29) is 5.91 Å². The van der Waals surface area contributed by atoms with Gasteiger partial charge in [0.25, 0.3) is 5.91 Å². The zero-order valence-electron chi connectivity index (χ0n) is 12.3. The van der Waals surface area contributed by atoms with E-state index in [9.17, 15) is 4.79 Å². The third-order valence-electron chi connectivity index (χ3n) is 3.08. The predicted octanol–water partition coefficient (Wildman–Crippen LogP) is 3.20. The summed E-state index contributed by atoms with van der Waals surface area (Å²) in [6, 6.07) is 2.73. The number of hydrogen-bond acceptors (Lipinski definition) is 3. The smallest absolute Gasteiger partial charge is 0.287 e. The SMILES string of the molecule is Cc1cc(Br)oc1C(=O)NCCN(C(C)C)C(C)C. The first-order valence-electron chi connectivity index (χ1n) is 6.62. The highest BCUT2D eigenvalue weighted by atomic mass is 79.9. The molecule has 0 bridgehead atoms.